The molecule has 6 heteroatoms. The first-order valence-electron chi connectivity index (χ1n) is 9.71. The molecule has 0 unspecified atom stereocenters. The summed E-state index contributed by atoms with van der Waals surface area (Å²) in [5.41, 5.74) is 0.00775. The monoisotopic (exact) mass is 583 g/mol. The molecule has 0 saturated heterocycles. The van der Waals surface area contributed by atoms with Crippen LogP contribution in [0.5, 0.6) is 0 Å². The van der Waals surface area contributed by atoms with E-state index in [1.165, 1.54) is 26.1 Å². The van der Waals surface area contributed by atoms with Crippen LogP contribution in [0.3, 0.4) is 0 Å². The Morgan fingerprint density at radius 2 is 1.00 bits per heavy atom. The second-order valence-corrected chi connectivity index (χ2v) is 22.0. The summed E-state index contributed by atoms with van der Waals surface area (Å²) < 4.78 is 3.94. The molecule has 0 heterocycles. The van der Waals surface area contributed by atoms with Crippen LogP contribution in [0.4, 0.5) is 0 Å². The van der Waals surface area contributed by atoms with Crippen molar-refractivity contribution in [3.8, 4) is 0 Å². The molecule has 0 bridgehead atoms. The smallest absolute Gasteiger partial charge is 0.0951 e. The van der Waals surface area contributed by atoms with Crippen LogP contribution in [0.15, 0.2) is 15.9 Å². The Kier molecular flexibility index (Phi) is 22.1. The zero-order chi connectivity index (χ0) is 22.9. The molecule has 0 N–H and O–H groups in total. The second kappa shape index (κ2) is 17.1. The summed E-state index contributed by atoms with van der Waals surface area (Å²) in [6.45, 7) is 36.7. The summed E-state index contributed by atoms with van der Waals surface area (Å²) in [4.78, 5) is 0. The van der Waals surface area contributed by atoms with Gasteiger partial charge in [-0.2, -0.15) is 0 Å². The van der Waals surface area contributed by atoms with Crippen molar-refractivity contribution in [1.82, 2.24) is 0 Å². The van der Waals surface area contributed by atoms with Crippen LogP contribution in [0.25, 0.3) is 10.6 Å². The first kappa shape index (κ1) is 34.7. The quantitative estimate of drug-likeness (QED) is 0.236. The summed E-state index contributed by atoms with van der Waals surface area (Å²) in [5, 5.41) is 8.57. The number of rotatable bonds is 4. The van der Waals surface area contributed by atoms with Gasteiger partial charge in [0.15, 0.2) is 0 Å². The van der Waals surface area contributed by atoms with Gasteiger partial charge in [-0.25, -0.2) is 12.4 Å². The van der Waals surface area contributed by atoms with Gasteiger partial charge in [0.1, 0.15) is 0 Å². The Hall–Kier alpha value is 0.262. The van der Waals surface area contributed by atoms with Crippen LogP contribution in [-0.2, 0) is 19.6 Å². The molecule has 0 rings (SSSR count). The van der Waals surface area contributed by atoms with Gasteiger partial charge in [-0.1, -0.05) is 80.8 Å². The van der Waals surface area contributed by atoms with Gasteiger partial charge in [0, 0.05) is 0 Å². The van der Waals surface area contributed by atoms with Crippen LogP contribution in [0, 0.1) is 13.1 Å². The largest absolute Gasteiger partial charge is 0.342 e. The molecule has 27 heavy (non-hydrogen) atoms. The third kappa shape index (κ3) is 122. The minimum absolute atomic E-state index is 0.00387. The second-order valence-electron chi connectivity index (χ2n) is 10.9. The van der Waals surface area contributed by atoms with Crippen molar-refractivity contribution in [1.29, 1.82) is 0 Å². The molecular weight excluding hydrogens is 534 g/mol. The Bertz CT molecular complexity index is 316. The van der Waals surface area contributed by atoms with Gasteiger partial charge in [-0.15, -0.1) is 27.2 Å². The minimum atomic E-state index is -0.861. The fraction of sp³-hybridized carbons (Fsp3) is 0.810. The SMILES string of the molecule is CC(C)(C)[N-]/C=C\[N-]C(C)(C)C.CCC[N]=[W].[CH2-][Si](C)(C)C.[CH2-][Si](C)(C)C. The van der Waals surface area contributed by atoms with Crippen molar-refractivity contribution < 1.29 is 19.6 Å². The van der Waals surface area contributed by atoms with E-state index >= 15 is 0 Å². The zero-order valence-corrected chi connectivity index (χ0v) is 25.7. The normalized spacial score (nSPS) is 11.8. The van der Waals surface area contributed by atoms with E-state index in [1.807, 2.05) is 0 Å². The summed E-state index contributed by atoms with van der Waals surface area (Å²) >= 11 is 1.35. The Labute approximate surface area is 186 Å². The maximum atomic E-state index is 4.29. The van der Waals surface area contributed by atoms with Gasteiger partial charge < -0.3 is 23.7 Å². The maximum Gasteiger partial charge on any atom is -0.0951 e. The molecule has 0 radical (unpaired) electrons. The Morgan fingerprint density at radius 3 is 1.07 bits per heavy atom. The van der Waals surface area contributed by atoms with Gasteiger partial charge in [-0.3, -0.25) is 0 Å². The first-order valence-corrected chi connectivity index (χ1v) is 18.4. The Balaban J connectivity index is -0.000000147. The zero-order valence-electron chi connectivity index (χ0n) is 20.7. The summed E-state index contributed by atoms with van der Waals surface area (Å²) in [6, 6.07) is 0. The average molecular weight is 584 g/mol. The molecule has 0 aliphatic heterocycles. The third-order valence-electron chi connectivity index (χ3n) is 1.31. The van der Waals surface area contributed by atoms with Crippen LogP contribution in [0.1, 0.15) is 54.9 Å². The van der Waals surface area contributed by atoms with Crippen LogP contribution in [-0.4, -0.2) is 33.8 Å². The molecule has 0 aromatic rings. The van der Waals surface area contributed by atoms with E-state index in [-0.39, 0.29) is 11.1 Å². The standard InChI is InChI=1S/C10H20N2.2C4H11Si.C3H7N.W/c1-9(2,3)11-7-8-12-10(4,5)6;2*1-5(2,3)4;1-2-3-4;/h7-8H,1-6H3;2*1H2,2-4H3;2-3H2,1H3;/q-2;2*-1;;/b8-7-;;;;. The first-order chi connectivity index (χ1) is 11.6. The van der Waals surface area contributed by atoms with Crippen molar-refractivity contribution in [3.05, 3.63) is 36.1 Å². The van der Waals surface area contributed by atoms with Gasteiger partial charge in [0.25, 0.3) is 0 Å². The topological polar surface area (TPSA) is 40.6 Å². The maximum absolute atomic E-state index is 4.29. The van der Waals surface area contributed by atoms with Gasteiger partial charge in [-0.05, 0) is 0 Å². The van der Waals surface area contributed by atoms with Gasteiger partial charge in [0.05, 0.1) is 0 Å². The summed E-state index contributed by atoms with van der Waals surface area (Å²) in [7, 11) is -1.72. The molecule has 0 aromatic carbocycles. The van der Waals surface area contributed by atoms with Crippen molar-refractivity contribution >= 4 is 16.1 Å². The van der Waals surface area contributed by atoms with E-state index in [4.69, 9.17) is 0 Å². The molecule has 0 fully saturated rings. The fourth-order valence-electron chi connectivity index (χ4n) is 0.605. The average Bonchev–Trinajstić information content (AvgIpc) is 2.30. The molecule has 0 spiro atoms. The molecule has 0 aliphatic carbocycles. The molecule has 166 valence electrons. The van der Waals surface area contributed by atoms with Crippen LogP contribution in [0.2, 0.25) is 39.3 Å². The molecular formula is C21H49N3Si2W-4. The number of nitrogens with zero attached hydrogens (tertiary/aromatic N) is 3. The molecule has 0 atom stereocenters. The van der Waals surface area contributed by atoms with E-state index < -0.39 is 16.1 Å². The van der Waals surface area contributed by atoms with Gasteiger partial charge >= 0.3 is 43.0 Å². The predicted molar refractivity (Wildman–Crippen MR) is 130 cm³/mol. The van der Waals surface area contributed by atoms with Crippen molar-refractivity contribution in [3.63, 3.8) is 0 Å². The number of hydrogen-bond acceptors (Lipinski definition) is 1. The van der Waals surface area contributed by atoms with E-state index in [1.54, 1.807) is 12.4 Å². The molecule has 0 aliphatic rings. The van der Waals surface area contributed by atoms with Crippen LogP contribution < -0.4 is 0 Å². The van der Waals surface area contributed by atoms with E-state index in [0.717, 1.165) is 6.54 Å². The minimum Gasteiger partial charge on any atom is -0.342 e. The van der Waals surface area contributed by atoms with E-state index in [2.05, 4.69) is 115 Å². The molecule has 3 nitrogen and oxygen atoms in total. The van der Waals surface area contributed by atoms with E-state index in [0.29, 0.717) is 0 Å². The molecule has 0 saturated carbocycles. The van der Waals surface area contributed by atoms with Crippen molar-refractivity contribution in [2.75, 3.05) is 6.54 Å². The fourth-order valence-corrected chi connectivity index (χ4v) is 1.26. The molecule has 0 aromatic heterocycles. The van der Waals surface area contributed by atoms with Crippen molar-refractivity contribution in [2.24, 2.45) is 3.50 Å². The summed E-state index contributed by atoms with van der Waals surface area (Å²) in [6.07, 6.45) is 4.74. The summed E-state index contributed by atoms with van der Waals surface area (Å²) in [5.74, 6) is 0. The third-order valence-corrected chi connectivity index (χ3v) is 1.96. The van der Waals surface area contributed by atoms with Crippen LogP contribution >= 0.6 is 0 Å². The molecule has 0 amide bonds. The predicted octanol–water partition coefficient (Wildman–Crippen LogP) is 8.32. The number of hydrogen-bond donors (Lipinski definition) is 0. The van der Waals surface area contributed by atoms with Crippen molar-refractivity contribution in [2.45, 2.75) is 105 Å². The van der Waals surface area contributed by atoms with Gasteiger partial charge in [0.2, 0.25) is 0 Å². The van der Waals surface area contributed by atoms with E-state index in [9.17, 15) is 0 Å². The Morgan fingerprint density at radius 1 is 0.778 bits per heavy atom.